The number of rotatable bonds is 6. The van der Waals surface area contributed by atoms with Crippen molar-refractivity contribution >= 4 is 39.8 Å². The molecule has 0 aliphatic carbocycles. The second-order valence-corrected chi connectivity index (χ2v) is 8.33. The summed E-state index contributed by atoms with van der Waals surface area (Å²) in [7, 11) is 0. The van der Waals surface area contributed by atoms with Gasteiger partial charge >= 0.3 is 0 Å². The van der Waals surface area contributed by atoms with E-state index in [0.717, 1.165) is 11.1 Å². The largest absolute Gasteiger partial charge is 0.486 e. The van der Waals surface area contributed by atoms with Crippen LogP contribution in [0.1, 0.15) is 5.56 Å². The van der Waals surface area contributed by atoms with Crippen LogP contribution in [-0.2, 0) is 17.9 Å². The van der Waals surface area contributed by atoms with Crippen LogP contribution in [0.5, 0.6) is 11.5 Å². The molecule has 0 bridgehead atoms. The third-order valence-corrected chi connectivity index (χ3v) is 5.73. The maximum absolute atomic E-state index is 13.5. The first-order chi connectivity index (χ1) is 16.6. The molecule has 0 spiro atoms. The van der Waals surface area contributed by atoms with Crippen LogP contribution in [0.3, 0.4) is 0 Å². The molecule has 4 aromatic rings. The van der Waals surface area contributed by atoms with Crippen LogP contribution in [0.4, 0.5) is 11.4 Å². The quantitative estimate of drug-likeness (QED) is 0.423. The van der Waals surface area contributed by atoms with Crippen LogP contribution >= 0.6 is 11.6 Å². The summed E-state index contributed by atoms with van der Waals surface area (Å²) in [5.74, 6) is 0.834. The van der Waals surface area contributed by atoms with Crippen molar-refractivity contribution in [3.05, 3.63) is 93.7 Å². The van der Waals surface area contributed by atoms with Gasteiger partial charge in [0.05, 0.1) is 5.52 Å². The highest BCUT2D eigenvalue weighted by Crippen LogP contribution is 2.34. The van der Waals surface area contributed by atoms with E-state index in [2.05, 4.69) is 10.6 Å². The number of amides is 1. The van der Waals surface area contributed by atoms with Crippen LogP contribution in [0.15, 0.2) is 77.6 Å². The van der Waals surface area contributed by atoms with Crippen LogP contribution < -0.4 is 25.7 Å². The van der Waals surface area contributed by atoms with E-state index in [-0.39, 0.29) is 18.0 Å². The zero-order valence-electron chi connectivity index (χ0n) is 18.2. The molecule has 172 valence electrons. The highest BCUT2D eigenvalue weighted by molar-refractivity contribution is 6.30. The molecule has 0 radical (unpaired) electrons. The summed E-state index contributed by atoms with van der Waals surface area (Å²) in [6, 6.07) is 21.9. The van der Waals surface area contributed by atoms with E-state index in [1.807, 2.05) is 42.5 Å². The van der Waals surface area contributed by atoms with Gasteiger partial charge in [-0.05, 0) is 42.5 Å². The molecule has 1 aromatic heterocycles. The van der Waals surface area contributed by atoms with E-state index >= 15 is 0 Å². The van der Waals surface area contributed by atoms with Crippen molar-refractivity contribution in [3.8, 4) is 11.5 Å². The van der Waals surface area contributed by atoms with Gasteiger partial charge < -0.3 is 20.1 Å². The van der Waals surface area contributed by atoms with Gasteiger partial charge in [0.15, 0.2) is 11.5 Å². The van der Waals surface area contributed by atoms with Gasteiger partial charge in [-0.15, -0.1) is 0 Å². The minimum absolute atomic E-state index is 0.166. The van der Waals surface area contributed by atoms with Gasteiger partial charge in [0, 0.05) is 40.0 Å². The monoisotopic (exact) mass is 475 g/mol. The lowest BCUT2D eigenvalue weighted by atomic mass is 10.1. The minimum Gasteiger partial charge on any atom is -0.486 e. The molecule has 0 saturated carbocycles. The Labute approximate surface area is 200 Å². The molecule has 5 rings (SSSR count). The summed E-state index contributed by atoms with van der Waals surface area (Å²) in [5, 5.41) is 7.37. The average molecular weight is 476 g/mol. The number of ether oxygens (including phenoxy) is 2. The average Bonchev–Trinajstić information content (AvgIpc) is 2.84. The van der Waals surface area contributed by atoms with E-state index in [9.17, 15) is 9.59 Å². The molecule has 2 heterocycles. The fourth-order valence-corrected chi connectivity index (χ4v) is 4.11. The highest BCUT2D eigenvalue weighted by Gasteiger charge is 2.18. The maximum Gasteiger partial charge on any atom is 0.256 e. The number of nitrogens with zero attached hydrogens (tertiary/aromatic N) is 1. The molecule has 0 unspecified atom stereocenters. The van der Waals surface area contributed by atoms with E-state index in [1.165, 1.54) is 4.57 Å². The SMILES string of the molecule is O=C(Cn1c(=O)c(CNc2ccccc2)cc2cc3c(cc21)OCCO3)Nc1cccc(Cl)c1. The zero-order chi connectivity index (χ0) is 23.5. The molecule has 2 N–H and O–H groups in total. The summed E-state index contributed by atoms with van der Waals surface area (Å²) in [6.07, 6.45) is 0. The summed E-state index contributed by atoms with van der Waals surface area (Å²) in [5.41, 5.74) is 2.33. The van der Waals surface area contributed by atoms with Crippen molar-refractivity contribution in [2.45, 2.75) is 13.1 Å². The summed E-state index contributed by atoms with van der Waals surface area (Å²) in [6.45, 7) is 1.03. The van der Waals surface area contributed by atoms with Crippen LogP contribution in [0, 0.1) is 0 Å². The Morgan fingerprint density at radius 3 is 2.41 bits per heavy atom. The predicted molar refractivity (Wildman–Crippen MR) is 133 cm³/mol. The van der Waals surface area contributed by atoms with Crippen molar-refractivity contribution < 1.29 is 14.3 Å². The number of aromatic nitrogens is 1. The standard InChI is InChI=1S/C26H22ClN3O4/c27-19-5-4-8-21(13-19)29-25(31)16-30-22-14-24-23(33-9-10-34-24)12-17(22)11-18(26(30)32)15-28-20-6-2-1-3-7-20/h1-8,11-14,28H,9-10,15-16H2,(H,29,31). The van der Waals surface area contributed by atoms with Gasteiger partial charge in [-0.1, -0.05) is 35.9 Å². The molecule has 0 fully saturated rings. The Morgan fingerprint density at radius 1 is 0.912 bits per heavy atom. The molecule has 0 saturated heterocycles. The van der Waals surface area contributed by atoms with E-state index in [1.54, 1.807) is 30.3 Å². The molecule has 1 aliphatic rings. The number of benzene rings is 3. The number of carbonyl (C=O) groups excluding carboxylic acids is 1. The molecular weight excluding hydrogens is 454 g/mol. The number of fused-ring (bicyclic) bond motifs is 2. The lowest BCUT2D eigenvalue weighted by molar-refractivity contribution is -0.116. The fourth-order valence-electron chi connectivity index (χ4n) is 3.92. The topological polar surface area (TPSA) is 81.6 Å². The van der Waals surface area contributed by atoms with Crippen LogP contribution in [-0.4, -0.2) is 23.7 Å². The lowest BCUT2D eigenvalue weighted by Gasteiger charge is -2.21. The molecule has 0 atom stereocenters. The first kappa shape index (κ1) is 21.9. The second-order valence-electron chi connectivity index (χ2n) is 7.89. The van der Waals surface area contributed by atoms with Crippen LogP contribution in [0.25, 0.3) is 10.9 Å². The molecule has 7 nitrogen and oxygen atoms in total. The van der Waals surface area contributed by atoms with Crippen molar-refractivity contribution in [1.82, 2.24) is 4.57 Å². The van der Waals surface area contributed by atoms with Crippen molar-refractivity contribution in [2.75, 3.05) is 23.8 Å². The van der Waals surface area contributed by atoms with E-state index in [0.29, 0.717) is 53.0 Å². The molecule has 8 heteroatoms. The first-order valence-corrected chi connectivity index (χ1v) is 11.2. The van der Waals surface area contributed by atoms with Gasteiger partial charge in [0.25, 0.3) is 5.56 Å². The highest BCUT2D eigenvalue weighted by atomic mass is 35.5. The number of halogens is 1. The van der Waals surface area contributed by atoms with E-state index < -0.39 is 0 Å². The molecular formula is C26H22ClN3O4. The third-order valence-electron chi connectivity index (χ3n) is 5.50. The number of pyridine rings is 1. The van der Waals surface area contributed by atoms with Gasteiger partial charge in [0.1, 0.15) is 19.8 Å². The predicted octanol–water partition coefficient (Wildman–Crippen LogP) is 4.68. The summed E-state index contributed by atoms with van der Waals surface area (Å²) < 4.78 is 12.9. The Balaban J connectivity index is 1.52. The molecule has 3 aromatic carbocycles. The molecule has 1 aliphatic heterocycles. The fraction of sp³-hybridized carbons (Fsp3) is 0.154. The third kappa shape index (κ3) is 4.70. The smallest absolute Gasteiger partial charge is 0.256 e. The molecule has 34 heavy (non-hydrogen) atoms. The number of anilines is 2. The number of hydrogen-bond acceptors (Lipinski definition) is 5. The van der Waals surface area contributed by atoms with Gasteiger partial charge in [-0.2, -0.15) is 0 Å². The van der Waals surface area contributed by atoms with Gasteiger partial charge in [-0.25, -0.2) is 0 Å². The van der Waals surface area contributed by atoms with Crippen molar-refractivity contribution in [1.29, 1.82) is 0 Å². The summed E-state index contributed by atoms with van der Waals surface area (Å²) in [4.78, 5) is 26.3. The Kier molecular flexibility index (Phi) is 6.10. The maximum atomic E-state index is 13.5. The van der Waals surface area contributed by atoms with Gasteiger partial charge in [0.2, 0.25) is 5.91 Å². The van der Waals surface area contributed by atoms with Crippen LogP contribution in [0.2, 0.25) is 5.02 Å². The Hall–Kier alpha value is -3.97. The first-order valence-electron chi connectivity index (χ1n) is 10.9. The minimum atomic E-state index is -0.339. The Bertz CT molecular complexity index is 1420. The Morgan fingerprint density at radius 2 is 1.65 bits per heavy atom. The normalized spacial score (nSPS) is 12.4. The van der Waals surface area contributed by atoms with Crippen molar-refractivity contribution in [2.24, 2.45) is 0 Å². The number of nitrogens with one attached hydrogen (secondary N) is 2. The van der Waals surface area contributed by atoms with Gasteiger partial charge in [-0.3, -0.25) is 14.2 Å². The number of hydrogen-bond donors (Lipinski definition) is 2. The van der Waals surface area contributed by atoms with E-state index in [4.69, 9.17) is 21.1 Å². The zero-order valence-corrected chi connectivity index (χ0v) is 19.0. The summed E-state index contributed by atoms with van der Waals surface area (Å²) >= 11 is 6.03. The number of para-hydroxylation sites is 1. The van der Waals surface area contributed by atoms with Crippen molar-refractivity contribution in [3.63, 3.8) is 0 Å². The second kappa shape index (κ2) is 9.49. The lowest BCUT2D eigenvalue weighted by Crippen LogP contribution is -2.31. The number of carbonyl (C=O) groups is 1. The molecule has 1 amide bonds.